The number of benzene rings is 1. The van der Waals surface area contributed by atoms with Gasteiger partial charge in [-0.05, 0) is 37.1 Å². The van der Waals surface area contributed by atoms with Crippen molar-refractivity contribution < 1.29 is 4.39 Å². The minimum absolute atomic E-state index is 0.174. The highest BCUT2D eigenvalue weighted by Gasteiger charge is 2.14. The standard InChI is InChI=1S/C14H17FN2/c15-11-5-6-14-10(7-11)8-13(17-14)9-16-12-3-1-2-4-12/h5-8,12,16-17H,1-4,9H2. The summed E-state index contributed by atoms with van der Waals surface area (Å²) < 4.78 is 13.0. The number of aromatic nitrogens is 1. The first-order chi connectivity index (χ1) is 8.31. The monoisotopic (exact) mass is 232 g/mol. The minimum atomic E-state index is -0.174. The Morgan fingerprint density at radius 1 is 1.24 bits per heavy atom. The maximum Gasteiger partial charge on any atom is 0.123 e. The fourth-order valence-corrected chi connectivity index (χ4v) is 2.64. The number of hydrogen-bond acceptors (Lipinski definition) is 1. The van der Waals surface area contributed by atoms with E-state index in [1.165, 1.54) is 31.7 Å². The number of fused-ring (bicyclic) bond motifs is 1. The Bertz CT molecular complexity index is 512. The molecule has 0 spiro atoms. The Hall–Kier alpha value is -1.35. The minimum Gasteiger partial charge on any atom is -0.357 e. The molecule has 1 aromatic heterocycles. The molecule has 0 atom stereocenters. The predicted octanol–water partition coefficient (Wildman–Crippen LogP) is 3.34. The summed E-state index contributed by atoms with van der Waals surface area (Å²) in [4.78, 5) is 3.32. The topological polar surface area (TPSA) is 27.8 Å². The van der Waals surface area contributed by atoms with E-state index in [4.69, 9.17) is 0 Å². The fraction of sp³-hybridized carbons (Fsp3) is 0.429. The van der Waals surface area contributed by atoms with Crippen LogP contribution < -0.4 is 5.32 Å². The van der Waals surface area contributed by atoms with Gasteiger partial charge in [0, 0.05) is 29.2 Å². The van der Waals surface area contributed by atoms with E-state index in [0.717, 1.165) is 23.1 Å². The molecule has 1 fully saturated rings. The van der Waals surface area contributed by atoms with Gasteiger partial charge < -0.3 is 10.3 Å². The van der Waals surface area contributed by atoms with Gasteiger partial charge in [-0.25, -0.2) is 4.39 Å². The van der Waals surface area contributed by atoms with E-state index in [2.05, 4.69) is 10.3 Å². The van der Waals surface area contributed by atoms with Crippen molar-refractivity contribution in [3.63, 3.8) is 0 Å². The zero-order valence-corrected chi connectivity index (χ0v) is 9.80. The number of halogens is 1. The Kier molecular flexibility index (Phi) is 2.85. The molecular weight excluding hydrogens is 215 g/mol. The molecule has 1 aliphatic rings. The maximum atomic E-state index is 13.0. The summed E-state index contributed by atoms with van der Waals surface area (Å²) in [5.74, 6) is -0.174. The van der Waals surface area contributed by atoms with Gasteiger partial charge in [0.05, 0.1) is 0 Å². The Morgan fingerprint density at radius 3 is 2.88 bits per heavy atom. The van der Waals surface area contributed by atoms with Gasteiger partial charge >= 0.3 is 0 Å². The molecule has 0 unspecified atom stereocenters. The second-order valence-electron chi connectivity index (χ2n) is 4.89. The molecule has 2 N–H and O–H groups in total. The van der Waals surface area contributed by atoms with Gasteiger partial charge in [0.2, 0.25) is 0 Å². The summed E-state index contributed by atoms with van der Waals surface area (Å²) >= 11 is 0. The molecule has 2 aromatic rings. The number of hydrogen-bond donors (Lipinski definition) is 2. The summed E-state index contributed by atoms with van der Waals surface area (Å²) in [5.41, 5.74) is 2.15. The third-order valence-corrected chi connectivity index (χ3v) is 3.57. The van der Waals surface area contributed by atoms with E-state index in [-0.39, 0.29) is 5.82 Å². The summed E-state index contributed by atoms with van der Waals surface area (Å²) in [6, 6.07) is 7.56. The van der Waals surface area contributed by atoms with Crippen LogP contribution in [0.25, 0.3) is 10.9 Å². The first-order valence-corrected chi connectivity index (χ1v) is 6.32. The number of aromatic amines is 1. The SMILES string of the molecule is Fc1ccc2[nH]c(CNC3CCCC3)cc2c1. The first-order valence-electron chi connectivity index (χ1n) is 6.32. The Morgan fingerprint density at radius 2 is 2.06 bits per heavy atom. The Labute approximate surface area is 100 Å². The largest absolute Gasteiger partial charge is 0.357 e. The molecule has 17 heavy (non-hydrogen) atoms. The van der Waals surface area contributed by atoms with Gasteiger partial charge in [0.25, 0.3) is 0 Å². The van der Waals surface area contributed by atoms with Crippen molar-refractivity contribution in [3.05, 3.63) is 35.8 Å². The first kappa shape index (κ1) is 10.8. The lowest BCUT2D eigenvalue weighted by atomic mass is 10.2. The molecule has 0 saturated heterocycles. The van der Waals surface area contributed by atoms with Crippen LogP contribution in [0.4, 0.5) is 4.39 Å². The molecule has 0 amide bonds. The van der Waals surface area contributed by atoms with Crippen molar-refractivity contribution in [1.29, 1.82) is 0 Å². The molecule has 0 radical (unpaired) electrons. The van der Waals surface area contributed by atoms with E-state index in [0.29, 0.717) is 6.04 Å². The van der Waals surface area contributed by atoms with Crippen LogP contribution in [0.1, 0.15) is 31.4 Å². The lowest BCUT2D eigenvalue weighted by molar-refractivity contribution is 0.520. The zero-order chi connectivity index (χ0) is 11.7. The predicted molar refractivity (Wildman–Crippen MR) is 67.4 cm³/mol. The van der Waals surface area contributed by atoms with E-state index >= 15 is 0 Å². The van der Waals surface area contributed by atoms with Crippen LogP contribution in [-0.2, 0) is 6.54 Å². The van der Waals surface area contributed by atoms with E-state index in [1.807, 2.05) is 6.07 Å². The van der Waals surface area contributed by atoms with E-state index < -0.39 is 0 Å². The second kappa shape index (κ2) is 4.49. The summed E-state index contributed by atoms with van der Waals surface area (Å²) in [6.07, 6.45) is 5.26. The normalized spacial score (nSPS) is 17.0. The molecule has 1 aromatic carbocycles. The lowest BCUT2D eigenvalue weighted by Crippen LogP contribution is -2.25. The van der Waals surface area contributed by atoms with E-state index in [1.54, 1.807) is 12.1 Å². The number of rotatable bonds is 3. The average Bonchev–Trinajstić information content (AvgIpc) is 2.94. The number of nitrogens with one attached hydrogen (secondary N) is 2. The summed E-state index contributed by atoms with van der Waals surface area (Å²) in [5, 5.41) is 4.50. The van der Waals surface area contributed by atoms with Crippen molar-refractivity contribution in [3.8, 4) is 0 Å². The Balaban J connectivity index is 1.72. The van der Waals surface area contributed by atoms with Gasteiger partial charge in [0.15, 0.2) is 0 Å². The van der Waals surface area contributed by atoms with Crippen molar-refractivity contribution in [2.24, 2.45) is 0 Å². The summed E-state index contributed by atoms with van der Waals surface area (Å²) in [7, 11) is 0. The third kappa shape index (κ3) is 2.34. The van der Waals surface area contributed by atoms with Crippen LogP contribution in [-0.4, -0.2) is 11.0 Å². The van der Waals surface area contributed by atoms with Crippen molar-refractivity contribution >= 4 is 10.9 Å². The molecule has 3 heteroatoms. The van der Waals surface area contributed by atoms with Crippen LogP contribution in [0.5, 0.6) is 0 Å². The highest BCUT2D eigenvalue weighted by molar-refractivity contribution is 5.80. The molecule has 3 rings (SSSR count). The smallest absolute Gasteiger partial charge is 0.123 e. The average molecular weight is 232 g/mol. The van der Waals surface area contributed by atoms with Crippen LogP contribution in [0.2, 0.25) is 0 Å². The molecular formula is C14H17FN2. The lowest BCUT2D eigenvalue weighted by Gasteiger charge is -2.10. The summed E-state index contributed by atoms with van der Waals surface area (Å²) in [6.45, 7) is 0.848. The zero-order valence-electron chi connectivity index (χ0n) is 9.80. The van der Waals surface area contributed by atoms with Crippen molar-refractivity contribution in [2.45, 2.75) is 38.3 Å². The highest BCUT2D eigenvalue weighted by Crippen LogP contribution is 2.19. The fourth-order valence-electron chi connectivity index (χ4n) is 2.64. The van der Waals surface area contributed by atoms with Gasteiger partial charge in [-0.2, -0.15) is 0 Å². The third-order valence-electron chi connectivity index (χ3n) is 3.57. The van der Waals surface area contributed by atoms with E-state index in [9.17, 15) is 4.39 Å². The molecule has 2 nitrogen and oxygen atoms in total. The van der Waals surface area contributed by atoms with Crippen LogP contribution in [0.3, 0.4) is 0 Å². The van der Waals surface area contributed by atoms with Gasteiger partial charge in [-0.15, -0.1) is 0 Å². The van der Waals surface area contributed by atoms with Crippen LogP contribution in [0.15, 0.2) is 24.3 Å². The van der Waals surface area contributed by atoms with Gasteiger partial charge in [0.1, 0.15) is 5.82 Å². The second-order valence-corrected chi connectivity index (χ2v) is 4.89. The molecule has 0 bridgehead atoms. The van der Waals surface area contributed by atoms with Crippen molar-refractivity contribution in [1.82, 2.24) is 10.3 Å². The molecule has 1 saturated carbocycles. The molecule has 1 heterocycles. The van der Waals surface area contributed by atoms with Crippen LogP contribution in [0, 0.1) is 5.82 Å². The van der Waals surface area contributed by atoms with Crippen molar-refractivity contribution in [2.75, 3.05) is 0 Å². The molecule has 1 aliphatic carbocycles. The number of H-pyrrole nitrogens is 1. The molecule has 0 aliphatic heterocycles. The highest BCUT2D eigenvalue weighted by atomic mass is 19.1. The van der Waals surface area contributed by atoms with Gasteiger partial charge in [-0.3, -0.25) is 0 Å². The van der Waals surface area contributed by atoms with Crippen LogP contribution >= 0.6 is 0 Å². The maximum absolute atomic E-state index is 13.0. The molecule has 90 valence electrons. The quantitative estimate of drug-likeness (QED) is 0.834. The van der Waals surface area contributed by atoms with Gasteiger partial charge in [-0.1, -0.05) is 12.8 Å².